The van der Waals surface area contributed by atoms with Crippen LogP contribution in [-0.2, 0) is 54.6 Å². The van der Waals surface area contributed by atoms with Crippen LogP contribution in [0.25, 0.3) is 11.6 Å². The summed E-state index contributed by atoms with van der Waals surface area (Å²) in [5, 5.41) is 25.5. The fraction of sp³-hybridized carbons (Fsp3) is 0.410. The first-order chi connectivity index (χ1) is 49.4. The van der Waals surface area contributed by atoms with Crippen LogP contribution >= 0.6 is 55.1 Å². The molecular formula is C78H84Cl3N7O12PS+. The van der Waals surface area contributed by atoms with Gasteiger partial charge in [0.2, 0.25) is 11.3 Å². The first kappa shape index (κ1) is 72.8. The van der Waals surface area contributed by atoms with Gasteiger partial charge in [0.15, 0.2) is 0 Å². The number of nitriles is 1. The highest BCUT2D eigenvalue weighted by molar-refractivity contribution is 8.00. The highest BCUT2D eigenvalue weighted by Gasteiger charge is 2.46. The fourth-order valence-corrected chi connectivity index (χ4v) is 19.3. The number of amides is 1. The molecule has 19 nitrogen and oxygen atoms in total. The van der Waals surface area contributed by atoms with E-state index in [9.17, 15) is 29.5 Å². The number of halogens is 3. The van der Waals surface area contributed by atoms with Gasteiger partial charge in [-0.3, -0.25) is 19.1 Å². The summed E-state index contributed by atoms with van der Waals surface area (Å²) in [6, 6.07) is 31.7. The van der Waals surface area contributed by atoms with Crippen LogP contribution in [-0.4, -0.2) is 121 Å². The molecule has 7 heterocycles. The van der Waals surface area contributed by atoms with Gasteiger partial charge in [0, 0.05) is 101 Å². The summed E-state index contributed by atoms with van der Waals surface area (Å²) in [7, 11) is 1.39. The second-order valence-electron chi connectivity index (χ2n) is 27.0. The maximum atomic E-state index is 14.1. The number of aromatic nitrogens is 2. The number of carboxylic acid groups (broad SMARTS) is 1. The van der Waals surface area contributed by atoms with Crippen LogP contribution in [0.4, 0.5) is 5.69 Å². The minimum atomic E-state index is -1.83. The van der Waals surface area contributed by atoms with Gasteiger partial charge >= 0.3 is 11.7 Å². The van der Waals surface area contributed by atoms with Crippen LogP contribution in [0.1, 0.15) is 151 Å². The molecule has 6 aliphatic heterocycles. The van der Waals surface area contributed by atoms with Crippen molar-refractivity contribution in [2.45, 2.75) is 146 Å². The molecule has 0 saturated carbocycles. The zero-order chi connectivity index (χ0) is 71.5. The van der Waals surface area contributed by atoms with Crippen molar-refractivity contribution in [1.82, 2.24) is 24.1 Å². The van der Waals surface area contributed by atoms with E-state index in [0.717, 1.165) is 141 Å². The van der Waals surface area contributed by atoms with Crippen LogP contribution in [0.5, 0.6) is 23.0 Å². The number of methoxy groups -OCH3 is 2. The van der Waals surface area contributed by atoms with E-state index in [1.807, 2.05) is 107 Å². The van der Waals surface area contributed by atoms with Crippen molar-refractivity contribution in [2.75, 3.05) is 70.8 Å². The smallest absolute Gasteiger partial charge is 0.337 e. The highest BCUT2D eigenvalue weighted by atomic mass is 35.5. The van der Waals surface area contributed by atoms with Crippen LogP contribution in [0.2, 0.25) is 15.1 Å². The minimum absolute atomic E-state index is 0.0357. The molecule has 0 bridgehead atoms. The molecule has 24 heteroatoms. The van der Waals surface area contributed by atoms with E-state index in [4.69, 9.17) is 67.5 Å². The van der Waals surface area contributed by atoms with E-state index in [-0.39, 0.29) is 87.1 Å². The van der Waals surface area contributed by atoms with E-state index in [1.54, 1.807) is 20.3 Å². The number of aromatic carboxylic acids is 1. The zero-order valence-corrected chi connectivity index (χ0v) is 62.1. The summed E-state index contributed by atoms with van der Waals surface area (Å²) in [6.45, 7) is 12.0. The minimum Gasteiger partial charge on any atom is -0.497 e. The van der Waals surface area contributed by atoms with E-state index in [0.29, 0.717) is 28.6 Å². The lowest BCUT2D eigenvalue weighted by molar-refractivity contribution is -0.118. The molecule has 1 aromatic heterocycles. The second-order valence-corrected chi connectivity index (χ2v) is 30.5. The lowest BCUT2D eigenvalue weighted by Gasteiger charge is -2.39. The first-order valence-corrected chi connectivity index (χ1v) is 38.3. The molecular weight excluding hydrogens is 1400 g/mol. The van der Waals surface area contributed by atoms with Gasteiger partial charge in [0.05, 0.1) is 83.5 Å². The Morgan fingerprint density at radius 3 is 2.22 bits per heavy atom. The van der Waals surface area contributed by atoms with Crippen molar-refractivity contribution in [2.24, 2.45) is 0 Å². The molecule has 1 fully saturated rings. The van der Waals surface area contributed by atoms with E-state index < -0.39 is 55.7 Å². The normalized spacial score (nSPS) is 18.1. The number of carbonyl (C=O) groups is 2. The van der Waals surface area contributed by atoms with Crippen molar-refractivity contribution >= 4 is 84.3 Å². The Hall–Kier alpha value is -7.51. The summed E-state index contributed by atoms with van der Waals surface area (Å²) < 4.78 is 52.3. The number of aryl methyl sites for hydroxylation is 2. The molecule has 1 saturated heterocycles. The van der Waals surface area contributed by atoms with Crippen molar-refractivity contribution in [1.29, 1.82) is 5.26 Å². The third kappa shape index (κ3) is 14.4. The summed E-state index contributed by atoms with van der Waals surface area (Å²) >= 11 is 23.0. The molecule has 0 spiro atoms. The topological polar surface area (TPSA) is 219 Å². The summed E-state index contributed by atoms with van der Waals surface area (Å²) in [4.78, 5) is 60.9. The van der Waals surface area contributed by atoms with Gasteiger partial charge in [-0.15, -0.1) is 11.8 Å². The van der Waals surface area contributed by atoms with Gasteiger partial charge in [-0.25, -0.2) is 18.8 Å². The van der Waals surface area contributed by atoms with Crippen LogP contribution in [0.3, 0.4) is 0 Å². The number of rotatable bonds is 25. The summed E-state index contributed by atoms with van der Waals surface area (Å²) in [5.41, 5.74) is 7.02. The fourth-order valence-electron chi connectivity index (χ4n) is 15.5. The van der Waals surface area contributed by atoms with E-state index in [1.165, 1.54) is 39.0 Å². The first-order valence-electron chi connectivity index (χ1n) is 35.1. The van der Waals surface area contributed by atoms with Gasteiger partial charge in [0.25, 0.3) is 14.1 Å². The molecule has 13 rings (SSSR count). The average molecular weight is 1480 g/mol. The number of hydrogen-bond donors (Lipinski definition) is 3. The molecule has 0 aliphatic carbocycles. The molecule has 6 aliphatic rings. The molecule has 6 aromatic carbocycles. The number of H-pyrrole nitrogens is 1. The average Bonchev–Trinajstić information content (AvgIpc) is 0.826. The quantitative estimate of drug-likeness (QED) is 0.0121. The van der Waals surface area contributed by atoms with Crippen molar-refractivity contribution in [3.05, 3.63) is 211 Å². The van der Waals surface area contributed by atoms with Crippen molar-refractivity contribution < 1.29 is 47.4 Å². The number of aromatic amines is 1. The number of hydrogen-bond acceptors (Lipinski definition) is 15. The number of thioether (sulfide) groups is 1. The Bertz CT molecular complexity index is 4630. The van der Waals surface area contributed by atoms with Crippen molar-refractivity contribution in [3.8, 4) is 29.1 Å². The molecule has 0 radical (unpaired) electrons. The largest absolute Gasteiger partial charge is 0.497 e. The lowest BCUT2D eigenvalue weighted by atomic mass is 9.80. The Labute approximate surface area is 613 Å². The van der Waals surface area contributed by atoms with E-state index >= 15 is 0 Å². The molecule has 4 unspecified atom stereocenters. The number of carboxylic acids is 1. The number of carbonyl (C=O) groups excluding carboxylic acids is 1. The molecule has 7 aromatic rings. The Balaban J connectivity index is 0.792. The molecule has 4 atom stereocenters. The summed E-state index contributed by atoms with van der Waals surface area (Å²) in [6.07, 6.45) is 11.5. The van der Waals surface area contributed by atoms with Crippen LogP contribution in [0, 0.1) is 11.3 Å². The maximum absolute atomic E-state index is 14.1. The monoisotopic (exact) mass is 1480 g/mol. The van der Waals surface area contributed by atoms with Gasteiger partial charge in [-0.2, -0.15) is 5.26 Å². The van der Waals surface area contributed by atoms with Gasteiger partial charge in [0.1, 0.15) is 54.0 Å². The summed E-state index contributed by atoms with van der Waals surface area (Å²) in [5.74, 6) is 0.807. The van der Waals surface area contributed by atoms with Crippen LogP contribution in [0.15, 0.2) is 118 Å². The lowest BCUT2D eigenvalue weighted by Crippen LogP contribution is -2.41. The third-order valence-corrected chi connectivity index (χ3v) is 24.7. The standard InChI is InChI=1S/C78H83Cl3N7O12PS/c1-46(2)88(47(3)4)101(97-39-17-33-82)100-60-42-63(98-61(60)44-96-78(51-21-8-7-9-22-51,52-25-29-54(94-5)30-26-52)53-27-31-55(95-6)32-28-53)87-43-50(75(90)84-77(87)93)20-14-34-83-62(89)45-102-74-68(80)65(66(76(91)92)67(79)69(74)81)64-58-40-48-18-10-12-35-85-37-15-23-56(70(48)85)72(58)99-73-57-24-16-38-86-36-13-11-19-49(71(57)86)41-59(64)73/h7-9,14,20-22,25-32,40-41,43,46-47,60-61,63H,10-13,15-19,23-24,34-39,42,44-45H2,1-6H3,(H2-,83,84,89,90,91,92,93)/p+1/b20-14+. The Kier molecular flexibility index (Phi) is 22.7. The van der Waals surface area contributed by atoms with Gasteiger partial charge in [-0.1, -0.05) is 102 Å². The molecule has 534 valence electrons. The van der Waals surface area contributed by atoms with Gasteiger partial charge in [-0.05, 0) is 138 Å². The van der Waals surface area contributed by atoms with E-state index in [2.05, 4.69) is 42.6 Å². The Morgan fingerprint density at radius 2 is 1.52 bits per heavy atom. The van der Waals surface area contributed by atoms with Crippen molar-refractivity contribution in [3.63, 3.8) is 0 Å². The van der Waals surface area contributed by atoms with Gasteiger partial charge < -0.3 is 48.1 Å². The Morgan fingerprint density at radius 1 is 0.843 bits per heavy atom. The van der Waals surface area contributed by atoms with Crippen LogP contribution < -0.4 is 50.8 Å². The number of benzene rings is 6. The predicted molar refractivity (Wildman–Crippen MR) is 399 cm³/mol. The number of ether oxygens (including phenoxy) is 5. The molecule has 3 N–H and O–H groups in total. The number of nitrogens with one attached hydrogen (secondary N) is 2. The maximum Gasteiger partial charge on any atom is 0.337 e. The highest BCUT2D eigenvalue weighted by Crippen LogP contribution is 2.54. The zero-order valence-electron chi connectivity index (χ0n) is 58.1. The third-order valence-electron chi connectivity index (χ3n) is 20.0. The number of nitrogens with zero attached hydrogens (tertiary/aromatic N) is 5. The predicted octanol–water partition coefficient (Wildman–Crippen LogP) is 13.3. The SMILES string of the molecule is COc1ccc(C(OCC2OC(n3cc(/C=C/CNC(=O)CSc4c(Cl)c(Cl)c(C(=O)O)c(C5=c6cc7c8c(c6Oc6c5cc5c9c6CCCN9CCCC5)CCC[N+]=8CCCC7)c4Cl)c(=O)[nH]c3=O)CC2OP(OCCC#N)N(C(C)C)C(C)C)(c2ccccc2)c2ccc(OC)cc2)cc1. The number of anilines is 1. The molecule has 1 amide bonds. The molecule has 102 heavy (non-hydrogen) atoms. The number of fused-ring (bicyclic) bond motifs is 4. The second kappa shape index (κ2) is 31.8.